The van der Waals surface area contributed by atoms with E-state index in [-0.39, 0.29) is 0 Å². The molecular formula is C15H13N5. The molecule has 0 radical (unpaired) electrons. The molecule has 0 spiro atoms. The Kier molecular flexibility index (Phi) is 2.48. The average Bonchev–Trinajstić information content (AvgIpc) is 3.17. The van der Waals surface area contributed by atoms with Crippen LogP contribution in [0.5, 0.6) is 0 Å². The van der Waals surface area contributed by atoms with Gasteiger partial charge in [-0.3, -0.25) is 4.99 Å². The number of hydrogen-bond donors (Lipinski definition) is 1. The van der Waals surface area contributed by atoms with E-state index in [1.807, 2.05) is 41.1 Å². The van der Waals surface area contributed by atoms with Gasteiger partial charge in [0.1, 0.15) is 11.4 Å². The van der Waals surface area contributed by atoms with Crippen LogP contribution in [0.2, 0.25) is 0 Å². The van der Waals surface area contributed by atoms with E-state index < -0.39 is 0 Å². The molecule has 0 saturated carbocycles. The maximum Gasteiger partial charge on any atom is 0.128 e. The highest BCUT2D eigenvalue weighted by Crippen LogP contribution is 2.16. The van der Waals surface area contributed by atoms with Gasteiger partial charge in [-0.05, 0) is 36.4 Å². The molecular weight excluding hydrogens is 250 g/mol. The zero-order valence-electron chi connectivity index (χ0n) is 10.8. The highest BCUT2D eigenvalue weighted by Gasteiger charge is 2.09. The van der Waals surface area contributed by atoms with Crippen molar-refractivity contribution in [3.8, 4) is 5.69 Å². The monoisotopic (exact) mass is 263 g/mol. The fraction of sp³-hybridized carbons (Fsp3) is 0.133. The maximum absolute atomic E-state index is 4.42. The Hall–Kier alpha value is -2.69. The topological polar surface area (TPSA) is 55.1 Å². The number of aromatic nitrogens is 3. The summed E-state index contributed by atoms with van der Waals surface area (Å²) in [5.41, 5.74) is 4.02. The zero-order chi connectivity index (χ0) is 13.4. The van der Waals surface area contributed by atoms with Gasteiger partial charge in [0.05, 0.1) is 17.7 Å². The van der Waals surface area contributed by atoms with Crippen LogP contribution in [0.4, 0.5) is 0 Å². The summed E-state index contributed by atoms with van der Waals surface area (Å²) in [5, 5.41) is 11.7. The molecule has 0 saturated heterocycles. The molecule has 1 aromatic heterocycles. The van der Waals surface area contributed by atoms with Crippen LogP contribution >= 0.6 is 0 Å². The number of benzene rings is 2. The number of para-hydroxylation sites is 1. The van der Waals surface area contributed by atoms with Crippen molar-refractivity contribution in [2.45, 2.75) is 0 Å². The number of nitrogens with one attached hydrogen (secondary N) is 1. The van der Waals surface area contributed by atoms with Gasteiger partial charge in [-0.15, -0.1) is 5.10 Å². The maximum atomic E-state index is 4.42. The highest BCUT2D eigenvalue weighted by molar-refractivity contribution is 5.99. The number of aliphatic imine (C=N–C) groups is 1. The first kappa shape index (κ1) is 11.2. The molecule has 98 valence electrons. The van der Waals surface area contributed by atoms with Gasteiger partial charge in [0.25, 0.3) is 0 Å². The van der Waals surface area contributed by atoms with Crippen molar-refractivity contribution in [1.82, 2.24) is 20.3 Å². The lowest BCUT2D eigenvalue weighted by molar-refractivity contribution is 0.824. The molecule has 0 fully saturated rings. The molecule has 1 N–H and O–H groups in total. The molecule has 0 aliphatic carbocycles. The molecule has 1 aliphatic heterocycles. The third kappa shape index (κ3) is 1.75. The molecule has 0 atom stereocenters. The summed E-state index contributed by atoms with van der Waals surface area (Å²) in [6.07, 6.45) is 0. The lowest BCUT2D eigenvalue weighted by Gasteiger charge is -2.05. The van der Waals surface area contributed by atoms with Crippen LogP contribution in [0, 0.1) is 0 Å². The normalized spacial score (nSPS) is 14.3. The fourth-order valence-corrected chi connectivity index (χ4v) is 2.41. The Morgan fingerprint density at radius 2 is 1.85 bits per heavy atom. The summed E-state index contributed by atoms with van der Waals surface area (Å²) < 4.78 is 1.85. The fourth-order valence-electron chi connectivity index (χ4n) is 2.41. The summed E-state index contributed by atoms with van der Waals surface area (Å²) in [5.74, 6) is 0.972. The Morgan fingerprint density at radius 1 is 1.00 bits per heavy atom. The molecule has 0 bridgehead atoms. The third-order valence-electron chi connectivity index (χ3n) is 3.41. The third-order valence-corrected chi connectivity index (χ3v) is 3.41. The van der Waals surface area contributed by atoms with E-state index in [2.05, 4.69) is 32.8 Å². The number of amidine groups is 1. The first-order valence-corrected chi connectivity index (χ1v) is 6.61. The first-order valence-electron chi connectivity index (χ1n) is 6.61. The Morgan fingerprint density at radius 3 is 2.65 bits per heavy atom. The summed E-state index contributed by atoms with van der Waals surface area (Å²) in [7, 11) is 0. The quantitative estimate of drug-likeness (QED) is 0.766. The van der Waals surface area contributed by atoms with Crippen molar-refractivity contribution < 1.29 is 0 Å². The molecule has 0 amide bonds. The Labute approximate surface area is 115 Å². The van der Waals surface area contributed by atoms with Gasteiger partial charge in [0.15, 0.2) is 0 Å². The second kappa shape index (κ2) is 4.45. The van der Waals surface area contributed by atoms with Crippen molar-refractivity contribution in [3.05, 3.63) is 54.1 Å². The minimum absolute atomic E-state index is 0.852. The number of fused-ring (bicyclic) bond motifs is 1. The van der Waals surface area contributed by atoms with Crippen LogP contribution in [-0.2, 0) is 0 Å². The first-order chi connectivity index (χ1) is 9.92. The molecule has 0 unspecified atom stereocenters. The highest BCUT2D eigenvalue weighted by atomic mass is 15.4. The van der Waals surface area contributed by atoms with Gasteiger partial charge in [0, 0.05) is 12.1 Å². The molecule has 20 heavy (non-hydrogen) atoms. The van der Waals surface area contributed by atoms with Gasteiger partial charge in [-0.25, -0.2) is 4.68 Å². The van der Waals surface area contributed by atoms with E-state index in [0.717, 1.165) is 41.2 Å². The van der Waals surface area contributed by atoms with Gasteiger partial charge in [-0.2, -0.15) is 0 Å². The molecule has 2 heterocycles. The van der Waals surface area contributed by atoms with Crippen molar-refractivity contribution in [1.29, 1.82) is 0 Å². The predicted molar refractivity (Wildman–Crippen MR) is 78.3 cm³/mol. The molecule has 3 aromatic rings. The van der Waals surface area contributed by atoms with Crippen molar-refractivity contribution >= 4 is 16.9 Å². The van der Waals surface area contributed by atoms with E-state index in [1.165, 1.54) is 0 Å². The molecule has 4 rings (SSSR count). The van der Waals surface area contributed by atoms with Crippen LogP contribution in [0.1, 0.15) is 5.56 Å². The van der Waals surface area contributed by atoms with Crippen molar-refractivity contribution in [3.63, 3.8) is 0 Å². The molecule has 1 aliphatic rings. The van der Waals surface area contributed by atoms with Gasteiger partial charge < -0.3 is 5.32 Å². The second-order valence-electron chi connectivity index (χ2n) is 4.69. The van der Waals surface area contributed by atoms with Crippen LogP contribution < -0.4 is 5.32 Å². The molecule has 5 nitrogen and oxygen atoms in total. The average molecular weight is 263 g/mol. The lowest BCUT2D eigenvalue weighted by atomic mass is 10.2. The standard InChI is InChI=1S/C15H13N5/c1-2-4-14-13(3-1)18-19-20(14)12-7-5-11(6-8-12)15-16-9-10-17-15/h1-8H,9-10H2,(H,16,17). The largest absolute Gasteiger partial charge is 0.368 e. The van der Waals surface area contributed by atoms with Crippen LogP contribution in [-0.4, -0.2) is 33.9 Å². The zero-order valence-corrected chi connectivity index (χ0v) is 10.8. The van der Waals surface area contributed by atoms with E-state index in [4.69, 9.17) is 0 Å². The van der Waals surface area contributed by atoms with E-state index >= 15 is 0 Å². The summed E-state index contributed by atoms with van der Waals surface area (Å²) in [4.78, 5) is 4.42. The van der Waals surface area contributed by atoms with Gasteiger partial charge >= 0.3 is 0 Å². The van der Waals surface area contributed by atoms with Gasteiger partial charge in [0.2, 0.25) is 0 Å². The molecule has 2 aromatic carbocycles. The second-order valence-corrected chi connectivity index (χ2v) is 4.69. The minimum atomic E-state index is 0.852. The Bertz CT molecular complexity index is 785. The minimum Gasteiger partial charge on any atom is -0.368 e. The van der Waals surface area contributed by atoms with Crippen LogP contribution in [0.3, 0.4) is 0 Å². The van der Waals surface area contributed by atoms with E-state index in [1.54, 1.807) is 0 Å². The number of hydrogen-bond acceptors (Lipinski definition) is 4. The lowest BCUT2D eigenvalue weighted by Crippen LogP contribution is -2.19. The SMILES string of the molecule is c1ccc2c(c1)nnn2-c1ccc(C2=NCCN2)cc1. The van der Waals surface area contributed by atoms with Crippen molar-refractivity contribution in [2.24, 2.45) is 4.99 Å². The summed E-state index contributed by atoms with van der Waals surface area (Å²) >= 11 is 0. The predicted octanol–water partition coefficient (Wildman–Crippen LogP) is 1.77. The van der Waals surface area contributed by atoms with Gasteiger partial charge in [-0.1, -0.05) is 17.3 Å². The summed E-state index contributed by atoms with van der Waals surface area (Å²) in [6.45, 7) is 1.77. The van der Waals surface area contributed by atoms with E-state index in [9.17, 15) is 0 Å². The van der Waals surface area contributed by atoms with Crippen LogP contribution in [0.15, 0.2) is 53.5 Å². The number of rotatable bonds is 2. The number of nitrogens with zero attached hydrogens (tertiary/aromatic N) is 4. The van der Waals surface area contributed by atoms with E-state index in [0.29, 0.717) is 0 Å². The van der Waals surface area contributed by atoms with Crippen LogP contribution in [0.25, 0.3) is 16.7 Å². The van der Waals surface area contributed by atoms with Crippen molar-refractivity contribution in [2.75, 3.05) is 13.1 Å². The Balaban J connectivity index is 1.75. The summed E-state index contributed by atoms with van der Waals surface area (Å²) in [6, 6.07) is 16.1. The smallest absolute Gasteiger partial charge is 0.128 e. The molecule has 5 heteroatoms.